The molecule has 1 fully saturated rings. The van der Waals surface area contributed by atoms with Crippen LogP contribution in [-0.2, 0) is 10.2 Å². The number of carbonyl (C=O) groups is 1. The van der Waals surface area contributed by atoms with Crippen LogP contribution in [0.15, 0.2) is 22.7 Å². The van der Waals surface area contributed by atoms with Gasteiger partial charge in [0, 0.05) is 4.47 Å². The van der Waals surface area contributed by atoms with E-state index in [0.717, 1.165) is 48.6 Å². The number of carboxylic acids is 1. The van der Waals surface area contributed by atoms with Gasteiger partial charge in [-0.05, 0) is 42.4 Å². The molecule has 0 aromatic heterocycles. The summed E-state index contributed by atoms with van der Waals surface area (Å²) in [5, 5.41) is 9.74. The molecule has 0 bridgehead atoms. The average molecular weight is 339 g/mol. The lowest BCUT2D eigenvalue weighted by molar-refractivity contribution is -0.145. The monoisotopic (exact) mass is 338 g/mol. The highest BCUT2D eigenvalue weighted by molar-refractivity contribution is 9.10. The molecule has 3 heteroatoms. The normalized spacial score (nSPS) is 19.6. The molecule has 2 nitrogen and oxygen atoms in total. The van der Waals surface area contributed by atoms with Crippen LogP contribution < -0.4 is 0 Å². The van der Waals surface area contributed by atoms with Gasteiger partial charge in [0.05, 0.1) is 5.41 Å². The van der Waals surface area contributed by atoms with E-state index in [1.807, 2.05) is 12.1 Å². The Morgan fingerprint density at radius 3 is 2.50 bits per heavy atom. The molecule has 1 aliphatic rings. The maximum Gasteiger partial charge on any atom is 0.314 e. The highest BCUT2D eigenvalue weighted by Gasteiger charge is 2.41. The lowest BCUT2D eigenvalue weighted by Gasteiger charge is -2.34. The van der Waals surface area contributed by atoms with Gasteiger partial charge < -0.3 is 5.11 Å². The fourth-order valence-corrected chi connectivity index (χ4v) is 4.00. The highest BCUT2D eigenvalue weighted by Crippen LogP contribution is 2.41. The predicted octanol–water partition coefficient (Wildman–Crippen LogP) is 5.25. The van der Waals surface area contributed by atoms with Crippen LogP contribution in [0.1, 0.15) is 69.4 Å². The Balaban J connectivity index is 2.40. The summed E-state index contributed by atoms with van der Waals surface area (Å²) in [5.74, 6) is -0.175. The molecule has 1 atom stereocenters. The minimum atomic E-state index is -0.672. The molecule has 0 amide bonds. The summed E-state index contributed by atoms with van der Waals surface area (Å²) in [5.41, 5.74) is 1.56. The number of carboxylic acid groups (broad SMARTS) is 1. The smallest absolute Gasteiger partial charge is 0.314 e. The number of aliphatic carboxylic acids is 1. The van der Waals surface area contributed by atoms with E-state index < -0.39 is 11.4 Å². The van der Waals surface area contributed by atoms with Gasteiger partial charge in [0.1, 0.15) is 0 Å². The summed E-state index contributed by atoms with van der Waals surface area (Å²) < 4.78 is 1.05. The lowest BCUT2D eigenvalue weighted by atomic mass is 9.69. The van der Waals surface area contributed by atoms with Crippen LogP contribution in [0.2, 0.25) is 0 Å². The van der Waals surface area contributed by atoms with Gasteiger partial charge in [-0.1, -0.05) is 61.2 Å². The Kier molecular flexibility index (Phi) is 4.90. The number of halogens is 1. The number of rotatable bonds is 4. The van der Waals surface area contributed by atoms with E-state index in [0.29, 0.717) is 5.92 Å². The molecule has 0 aliphatic heterocycles. The summed E-state index contributed by atoms with van der Waals surface area (Å²) in [6.45, 7) is 4.37. The molecule has 1 aromatic carbocycles. The van der Waals surface area contributed by atoms with Crippen molar-refractivity contribution < 1.29 is 9.90 Å². The summed E-state index contributed by atoms with van der Waals surface area (Å²) >= 11 is 3.64. The van der Waals surface area contributed by atoms with Crippen LogP contribution >= 0.6 is 15.9 Å². The van der Waals surface area contributed by atoms with Crippen LogP contribution in [0.5, 0.6) is 0 Å². The SMILES string of the molecule is CCC(C)c1ccc(C2(C(=O)O)CCCCC2)cc1Br. The van der Waals surface area contributed by atoms with Gasteiger partial charge in [-0.2, -0.15) is 0 Å². The molecular weight excluding hydrogens is 316 g/mol. The molecule has 2 rings (SSSR count). The van der Waals surface area contributed by atoms with Crippen molar-refractivity contribution in [1.29, 1.82) is 0 Å². The van der Waals surface area contributed by atoms with Crippen molar-refractivity contribution in [2.45, 2.75) is 63.7 Å². The largest absolute Gasteiger partial charge is 0.481 e. The molecule has 110 valence electrons. The molecular formula is C17H23BrO2. The van der Waals surface area contributed by atoms with Gasteiger partial charge in [0.2, 0.25) is 0 Å². The molecule has 0 saturated heterocycles. The molecule has 1 saturated carbocycles. The standard InChI is InChI=1S/C17H23BrO2/c1-3-12(2)14-8-7-13(11-15(14)18)17(16(19)20)9-5-4-6-10-17/h7-8,11-12H,3-6,9-10H2,1-2H3,(H,19,20). The van der Waals surface area contributed by atoms with Crippen molar-refractivity contribution in [3.8, 4) is 0 Å². The van der Waals surface area contributed by atoms with E-state index in [2.05, 4.69) is 35.8 Å². The van der Waals surface area contributed by atoms with E-state index in [1.54, 1.807) is 0 Å². The van der Waals surface area contributed by atoms with Crippen molar-refractivity contribution in [3.05, 3.63) is 33.8 Å². The van der Waals surface area contributed by atoms with E-state index in [1.165, 1.54) is 5.56 Å². The Bertz CT molecular complexity index is 490. The molecule has 1 unspecified atom stereocenters. The summed E-state index contributed by atoms with van der Waals surface area (Å²) in [6, 6.07) is 6.18. The van der Waals surface area contributed by atoms with Crippen LogP contribution in [0, 0.1) is 0 Å². The van der Waals surface area contributed by atoms with Gasteiger partial charge in [0.25, 0.3) is 0 Å². The van der Waals surface area contributed by atoms with E-state index >= 15 is 0 Å². The van der Waals surface area contributed by atoms with E-state index in [4.69, 9.17) is 0 Å². The second kappa shape index (κ2) is 6.30. The molecule has 1 N–H and O–H groups in total. The Morgan fingerprint density at radius 2 is 2.00 bits per heavy atom. The maximum atomic E-state index is 11.8. The molecule has 1 aromatic rings. The number of benzene rings is 1. The molecule has 20 heavy (non-hydrogen) atoms. The minimum absolute atomic E-state index is 0.491. The first-order valence-electron chi connectivity index (χ1n) is 7.54. The first-order valence-corrected chi connectivity index (χ1v) is 8.34. The topological polar surface area (TPSA) is 37.3 Å². The first kappa shape index (κ1) is 15.6. The van der Waals surface area contributed by atoms with Crippen LogP contribution in [0.4, 0.5) is 0 Å². The predicted molar refractivity (Wildman–Crippen MR) is 85.2 cm³/mol. The average Bonchev–Trinajstić information content (AvgIpc) is 2.47. The fraction of sp³-hybridized carbons (Fsp3) is 0.588. The third kappa shape index (κ3) is 2.78. The van der Waals surface area contributed by atoms with Crippen molar-refractivity contribution in [1.82, 2.24) is 0 Å². The lowest BCUT2D eigenvalue weighted by Crippen LogP contribution is -2.37. The minimum Gasteiger partial charge on any atom is -0.481 e. The maximum absolute atomic E-state index is 11.8. The molecule has 1 aliphatic carbocycles. The molecule has 0 spiro atoms. The Hall–Kier alpha value is -0.830. The van der Waals surface area contributed by atoms with E-state index in [-0.39, 0.29) is 0 Å². The van der Waals surface area contributed by atoms with Gasteiger partial charge in [-0.3, -0.25) is 4.79 Å². The van der Waals surface area contributed by atoms with Gasteiger partial charge in [-0.25, -0.2) is 0 Å². The number of hydrogen-bond donors (Lipinski definition) is 1. The van der Waals surface area contributed by atoms with Crippen LogP contribution in [0.3, 0.4) is 0 Å². The van der Waals surface area contributed by atoms with Gasteiger partial charge in [0.15, 0.2) is 0 Å². The zero-order chi connectivity index (χ0) is 14.8. The zero-order valence-corrected chi connectivity index (χ0v) is 13.9. The highest BCUT2D eigenvalue weighted by atomic mass is 79.9. The second-order valence-corrected chi connectivity index (χ2v) is 6.85. The zero-order valence-electron chi connectivity index (χ0n) is 12.3. The summed E-state index contributed by atoms with van der Waals surface area (Å²) in [4.78, 5) is 11.8. The van der Waals surface area contributed by atoms with Crippen molar-refractivity contribution in [2.24, 2.45) is 0 Å². The Labute approximate surface area is 129 Å². The summed E-state index contributed by atoms with van der Waals surface area (Å²) in [6.07, 6.45) is 5.78. The van der Waals surface area contributed by atoms with E-state index in [9.17, 15) is 9.90 Å². The fourth-order valence-electron chi connectivity index (χ4n) is 3.23. The third-order valence-corrected chi connectivity index (χ3v) is 5.50. The number of hydrogen-bond acceptors (Lipinski definition) is 1. The van der Waals surface area contributed by atoms with Crippen molar-refractivity contribution in [3.63, 3.8) is 0 Å². The molecule has 0 radical (unpaired) electrons. The second-order valence-electron chi connectivity index (χ2n) is 5.99. The first-order chi connectivity index (χ1) is 9.51. The summed E-state index contributed by atoms with van der Waals surface area (Å²) in [7, 11) is 0. The Morgan fingerprint density at radius 1 is 1.35 bits per heavy atom. The van der Waals surface area contributed by atoms with Crippen LogP contribution in [-0.4, -0.2) is 11.1 Å². The van der Waals surface area contributed by atoms with Crippen molar-refractivity contribution >= 4 is 21.9 Å². The van der Waals surface area contributed by atoms with Gasteiger partial charge in [-0.15, -0.1) is 0 Å². The van der Waals surface area contributed by atoms with Gasteiger partial charge >= 0.3 is 5.97 Å². The third-order valence-electron chi connectivity index (χ3n) is 4.81. The molecule has 0 heterocycles. The van der Waals surface area contributed by atoms with Crippen molar-refractivity contribution in [2.75, 3.05) is 0 Å². The quantitative estimate of drug-likeness (QED) is 0.813. The van der Waals surface area contributed by atoms with Crippen LogP contribution in [0.25, 0.3) is 0 Å².